The van der Waals surface area contributed by atoms with Gasteiger partial charge in [-0.15, -0.1) is 0 Å². The number of nitrogens with one attached hydrogen (secondary N) is 1. The highest BCUT2D eigenvalue weighted by Crippen LogP contribution is 2.28. The van der Waals surface area contributed by atoms with E-state index in [4.69, 9.17) is 27.7 Å². The van der Waals surface area contributed by atoms with Crippen molar-refractivity contribution in [1.82, 2.24) is 20.4 Å². The topological polar surface area (TPSA) is 71.3 Å². The van der Waals surface area contributed by atoms with Gasteiger partial charge in [-0.25, -0.2) is 0 Å². The Bertz CT molecular complexity index is 796. The number of likely N-dealkylation sites (tertiary alicyclic amines) is 1. The van der Waals surface area contributed by atoms with Crippen molar-refractivity contribution in [2.24, 2.45) is 5.92 Å². The quantitative estimate of drug-likeness (QED) is 0.773. The molecule has 2 aromatic rings. The number of halogens is 2. The van der Waals surface area contributed by atoms with Crippen LogP contribution in [0.3, 0.4) is 0 Å². The largest absolute Gasteiger partial charge is 0.353 e. The number of amides is 1. The second kappa shape index (κ2) is 9.04. The molecule has 0 aliphatic carbocycles. The zero-order chi connectivity index (χ0) is 19.4. The molecule has 1 aliphatic heterocycles. The lowest BCUT2D eigenvalue weighted by Crippen LogP contribution is -2.44. The van der Waals surface area contributed by atoms with Gasteiger partial charge in [-0.1, -0.05) is 35.3 Å². The summed E-state index contributed by atoms with van der Waals surface area (Å²) in [6, 6.07) is 5.37. The SMILES string of the molecule is CCC(C)NC(=O)C1CCCN(Cc2nc(-c3ccc(Cl)cc3Cl)no2)C1. The van der Waals surface area contributed by atoms with Crippen LogP contribution in [0.15, 0.2) is 22.7 Å². The van der Waals surface area contributed by atoms with Crippen molar-refractivity contribution in [3.05, 3.63) is 34.1 Å². The van der Waals surface area contributed by atoms with Crippen LogP contribution in [0.4, 0.5) is 0 Å². The first kappa shape index (κ1) is 20.1. The van der Waals surface area contributed by atoms with Crippen LogP contribution in [0, 0.1) is 5.92 Å². The first-order valence-corrected chi connectivity index (χ1v) is 10.0. The van der Waals surface area contributed by atoms with E-state index in [9.17, 15) is 4.79 Å². The number of nitrogens with zero attached hydrogens (tertiary/aromatic N) is 3. The van der Waals surface area contributed by atoms with Crippen molar-refractivity contribution in [3.63, 3.8) is 0 Å². The third-order valence-electron chi connectivity index (χ3n) is 4.88. The van der Waals surface area contributed by atoms with Gasteiger partial charge in [-0.05, 0) is 50.9 Å². The molecule has 1 amide bonds. The summed E-state index contributed by atoms with van der Waals surface area (Å²) in [7, 11) is 0. The van der Waals surface area contributed by atoms with E-state index >= 15 is 0 Å². The van der Waals surface area contributed by atoms with Crippen LogP contribution in [0.2, 0.25) is 10.0 Å². The Morgan fingerprint density at radius 3 is 3.00 bits per heavy atom. The molecule has 1 aromatic carbocycles. The molecule has 1 N–H and O–H groups in total. The van der Waals surface area contributed by atoms with E-state index < -0.39 is 0 Å². The van der Waals surface area contributed by atoms with Crippen LogP contribution < -0.4 is 5.32 Å². The fourth-order valence-corrected chi connectivity index (χ4v) is 3.66. The Balaban J connectivity index is 1.62. The molecule has 0 bridgehead atoms. The van der Waals surface area contributed by atoms with Crippen molar-refractivity contribution < 1.29 is 9.32 Å². The number of carbonyl (C=O) groups excluding carboxylic acids is 1. The maximum Gasteiger partial charge on any atom is 0.241 e. The summed E-state index contributed by atoms with van der Waals surface area (Å²) in [4.78, 5) is 19.0. The smallest absolute Gasteiger partial charge is 0.241 e. The average Bonchev–Trinajstić information content (AvgIpc) is 3.09. The molecule has 8 heteroatoms. The predicted molar refractivity (Wildman–Crippen MR) is 106 cm³/mol. The average molecular weight is 411 g/mol. The molecule has 0 radical (unpaired) electrons. The highest BCUT2D eigenvalue weighted by Gasteiger charge is 2.27. The van der Waals surface area contributed by atoms with Gasteiger partial charge in [0.05, 0.1) is 17.5 Å². The first-order chi connectivity index (χ1) is 13.0. The molecular formula is C19H24Cl2N4O2. The monoisotopic (exact) mass is 410 g/mol. The molecule has 6 nitrogen and oxygen atoms in total. The molecule has 3 rings (SSSR count). The van der Waals surface area contributed by atoms with Gasteiger partial charge in [0.15, 0.2) is 0 Å². The van der Waals surface area contributed by atoms with Crippen molar-refractivity contribution in [3.8, 4) is 11.4 Å². The normalized spacial score (nSPS) is 19.0. The Morgan fingerprint density at radius 2 is 2.26 bits per heavy atom. The number of hydrogen-bond acceptors (Lipinski definition) is 5. The van der Waals surface area contributed by atoms with E-state index in [1.54, 1.807) is 18.2 Å². The Kier molecular flexibility index (Phi) is 6.73. The maximum absolute atomic E-state index is 12.4. The lowest BCUT2D eigenvalue weighted by Gasteiger charge is -2.31. The molecule has 1 saturated heterocycles. The van der Waals surface area contributed by atoms with Crippen molar-refractivity contribution in [2.75, 3.05) is 13.1 Å². The summed E-state index contributed by atoms with van der Waals surface area (Å²) in [5.74, 6) is 1.09. The van der Waals surface area contributed by atoms with E-state index in [0.717, 1.165) is 25.8 Å². The van der Waals surface area contributed by atoms with Crippen molar-refractivity contribution >= 4 is 29.1 Å². The highest BCUT2D eigenvalue weighted by atomic mass is 35.5. The zero-order valence-corrected chi connectivity index (χ0v) is 17.1. The fraction of sp³-hybridized carbons (Fsp3) is 0.526. The van der Waals surface area contributed by atoms with Gasteiger partial charge >= 0.3 is 0 Å². The molecule has 1 aliphatic rings. The van der Waals surface area contributed by atoms with Gasteiger partial charge in [0.2, 0.25) is 17.6 Å². The third kappa shape index (κ3) is 5.21. The second-order valence-corrected chi connectivity index (χ2v) is 7.87. The van der Waals surface area contributed by atoms with E-state index in [1.165, 1.54) is 0 Å². The number of aromatic nitrogens is 2. The molecule has 27 heavy (non-hydrogen) atoms. The van der Waals surface area contributed by atoms with Gasteiger partial charge in [-0.3, -0.25) is 9.69 Å². The summed E-state index contributed by atoms with van der Waals surface area (Å²) in [6.45, 7) is 6.22. The minimum atomic E-state index is 0.000788. The van der Waals surface area contributed by atoms with Gasteiger partial charge in [0, 0.05) is 23.2 Å². The van der Waals surface area contributed by atoms with E-state index in [0.29, 0.717) is 40.4 Å². The second-order valence-electron chi connectivity index (χ2n) is 7.03. The summed E-state index contributed by atoms with van der Waals surface area (Å²) >= 11 is 12.1. The van der Waals surface area contributed by atoms with Gasteiger partial charge < -0.3 is 9.84 Å². The molecule has 0 spiro atoms. The number of hydrogen-bond donors (Lipinski definition) is 1. The maximum atomic E-state index is 12.4. The van der Waals surface area contributed by atoms with Crippen LogP contribution in [0.5, 0.6) is 0 Å². The molecule has 2 unspecified atom stereocenters. The molecule has 1 fully saturated rings. The van der Waals surface area contributed by atoms with E-state index in [2.05, 4.69) is 27.3 Å². The molecule has 1 aromatic heterocycles. The van der Waals surface area contributed by atoms with Crippen LogP contribution in [-0.2, 0) is 11.3 Å². The summed E-state index contributed by atoms with van der Waals surface area (Å²) in [5, 5.41) is 8.14. The van der Waals surface area contributed by atoms with E-state index in [-0.39, 0.29) is 17.9 Å². The molecule has 2 heterocycles. The fourth-order valence-electron chi connectivity index (χ4n) is 3.17. The minimum Gasteiger partial charge on any atom is -0.353 e. The van der Waals surface area contributed by atoms with Crippen molar-refractivity contribution in [1.29, 1.82) is 0 Å². The Morgan fingerprint density at radius 1 is 1.44 bits per heavy atom. The standard InChI is InChI=1S/C19H24Cl2N4O2/c1-3-12(2)22-19(26)13-5-4-8-25(10-13)11-17-23-18(24-27-17)15-7-6-14(20)9-16(15)21/h6-7,9,12-13H,3-5,8,10-11H2,1-2H3,(H,22,26). The summed E-state index contributed by atoms with van der Waals surface area (Å²) < 4.78 is 5.39. The van der Waals surface area contributed by atoms with E-state index in [1.807, 2.05) is 6.92 Å². The Hall–Kier alpha value is -1.63. The summed E-state index contributed by atoms with van der Waals surface area (Å²) in [5.41, 5.74) is 0.681. The number of carbonyl (C=O) groups is 1. The van der Waals surface area contributed by atoms with Crippen molar-refractivity contribution in [2.45, 2.75) is 45.7 Å². The number of rotatable bonds is 6. The van der Waals surface area contributed by atoms with Crippen LogP contribution in [-0.4, -0.2) is 40.1 Å². The molecule has 0 saturated carbocycles. The van der Waals surface area contributed by atoms with Gasteiger partial charge in [-0.2, -0.15) is 4.98 Å². The van der Waals surface area contributed by atoms with Gasteiger partial charge in [0.25, 0.3) is 0 Å². The lowest BCUT2D eigenvalue weighted by atomic mass is 9.96. The number of benzene rings is 1. The van der Waals surface area contributed by atoms with Gasteiger partial charge in [0.1, 0.15) is 0 Å². The third-order valence-corrected chi connectivity index (χ3v) is 5.42. The lowest BCUT2D eigenvalue weighted by molar-refractivity contribution is -0.127. The van der Waals surface area contributed by atoms with Crippen LogP contribution in [0.1, 0.15) is 39.0 Å². The van der Waals surface area contributed by atoms with Crippen LogP contribution in [0.25, 0.3) is 11.4 Å². The summed E-state index contributed by atoms with van der Waals surface area (Å²) in [6.07, 6.45) is 2.82. The zero-order valence-electron chi connectivity index (χ0n) is 15.5. The van der Waals surface area contributed by atoms with Crippen LogP contribution >= 0.6 is 23.2 Å². The molecular weight excluding hydrogens is 387 g/mol. The molecule has 146 valence electrons. The first-order valence-electron chi connectivity index (χ1n) is 9.27. The predicted octanol–water partition coefficient (Wildman–Crippen LogP) is 4.17. The molecule has 2 atom stereocenters. The Labute approximate surface area is 169 Å². The highest BCUT2D eigenvalue weighted by molar-refractivity contribution is 6.36. The number of piperidine rings is 1. The minimum absolute atomic E-state index is 0.000788.